The van der Waals surface area contributed by atoms with Crippen LogP contribution in [0.2, 0.25) is 0 Å². The fraction of sp³-hybridized carbons (Fsp3) is 0.412. The summed E-state index contributed by atoms with van der Waals surface area (Å²) in [4.78, 5) is 8.64. The van der Waals surface area contributed by atoms with E-state index < -0.39 is 10.0 Å². The quantitative estimate of drug-likeness (QED) is 0.520. The predicted octanol–water partition coefficient (Wildman–Crippen LogP) is 1.62. The summed E-state index contributed by atoms with van der Waals surface area (Å²) in [6.45, 7) is 5.08. The number of nitrogens with zero attached hydrogens (tertiary/aromatic N) is 2. The van der Waals surface area contributed by atoms with Gasteiger partial charge in [0.05, 0.1) is 14.2 Å². The van der Waals surface area contributed by atoms with Crippen LogP contribution in [-0.4, -0.2) is 52.2 Å². The lowest BCUT2D eigenvalue weighted by molar-refractivity contribution is 0.386. The number of aryl methyl sites for hydroxylation is 1. The fourth-order valence-corrected chi connectivity index (χ4v) is 3.53. The standard InChI is InChI=1S/C17H25N5O4S/c1-5-18-17-21-12(2)10-16(22-17)19-8-9-20-27(23,24)15-7-6-13(25-3)11-14(15)26-4/h6-7,10-11,20H,5,8-9H2,1-4H3,(H2,18,19,21,22). The molecule has 0 saturated carbocycles. The zero-order chi connectivity index (χ0) is 19.9. The number of ether oxygens (including phenoxy) is 2. The number of rotatable bonds is 10. The minimum absolute atomic E-state index is 0.0538. The van der Waals surface area contributed by atoms with Crippen LogP contribution in [0.5, 0.6) is 11.5 Å². The number of sulfonamides is 1. The maximum absolute atomic E-state index is 12.5. The van der Waals surface area contributed by atoms with Crippen molar-refractivity contribution in [1.29, 1.82) is 0 Å². The average molecular weight is 395 g/mol. The van der Waals surface area contributed by atoms with Crippen molar-refractivity contribution < 1.29 is 17.9 Å². The first-order chi connectivity index (χ1) is 12.9. The second-order valence-electron chi connectivity index (χ2n) is 5.59. The van der Waals surface area contributed by atoms with Gasteiger partial charge >= 0.3 is 0 Å². The first kappa shape index (κ1) is 20.7. The Labute approximate surface area is 159 Å². The smallest absolute Gasteiger partial charge is 0.244 e. The number of nitrogens with one attached hydrogen (secondary N) is 3. The molecule has 2 rings (SSSR count). The molecule has 0 unspecified atom stereocenters. The van der Waals surface area contributed by atoms with Crippen molar-refractivity contribution in [2.24, 2.45) is 0 Å². The van der Waals surface area contributed by atoms with E-state index in [-0.39, 0.29) is 17.2 Å². The first-order valence-corrected chi connectivity index (χ1v) is 9.93. The van der Waals surface area contributed by atoms with Crippen molar-refractivity contribution in [2.75, 3.05) is 44.5 Å². The van der Waals surface area contributed by atoms with E-state index in [1.165, 1.54) is 26.4 Å². The third kappa shape index (κ3) is 5.69. The van der Waals surface area contributed by atoms with Crippen molar-refractivity contribution >= 4 is 21.8 Å². The largest absolute Gasteiger partial charge is 0.497 e. The number of benzene rings is 1. The molecule has 0 radical (unpaired) electrons. The molecule has 0 aliphatic carbocycles. The van der Waals surface area contributed by atoms with Crippen molar-refractivity contribution in [3.05, 3.63) is 30.0 Å². The molecule has 0 amide bonds. The molecule has 0 aliphatic rings. The molecule has 3 N–H and O–H groups in total. The van der Waals surface area contributed by atoms with Crippen LogP contribution in [0.3, 0.4) is 0 Å². The van der Waals surface area contributed by atoms with Crippen LogP contribution in [0, 0.1) is 6.92 Å². The molecule has 27 heavy (non-hydrogen) atoms. The van der Waals surface area contributed by atoms with E-state index in [0.717, 1.165) is 5.69 Å². The number of aromatic nitrogens is 2. The molecular weight excluding hydrogens is 370 g/mol. The Balaban J connectivity index is 1.98. The number of hydrogen-bond donors (Lipinski definition) is 3. The molecule has 9 nitrogen and oxygen atoms in total. The van der Waals surface area contributed by atoms with Crippen LogP contribution in [0.25, 0.3) is 0 Å². The summed E-state index contributed by atoms with van der Waals surface area (Å²) in [6, 6.07) is 6.34. The van der Waals surface area contributed by atoms with Crippen molar-refractivity contribution in [1.82, 2.24) is 14.7 Å². The molecule has 0 atom stereocenters. The van der Waals surface area contributed by atoms with Gasteiger partial charge in [0.1, 0.15) is 22.2 Å². The molecule has 0 saturated heterocycles. The van der Waals surface area contributed by atoms with Crippen LogP contribution in [0.15, 0.2) is 29.2 Å². The summed E-state index contributed by atoms with van der Waals surface area (Å²) < 4.78 is 37.8. The van der Waals surface area contributed by atoms with Gasteiger partial charge in [-0.15, -0.1) is 0 Å². The summed E-state index contributed by atoms with van der Waals surface area (Å²) in [5, 5.41) is 6.13. The van der Waals surface area contributed by atoms with E-state index in [9.17, 15) is 8.42 Å². The second kappa shape index (κ2) is 9.38. The summed E-state index contributed by atoms with van der Waals surface area (Å²) >= 11 is 0. The van der Waals surface area contributed by atoms with Crippen molar-refractivity contribution in [3.8, 4) is 11.5 Å². The summed E-state index contributed by atoms with van der Waals surface area (Å²) in [7, 11) is -0.808. The van der Waals surface area contributed by atoms with Gasteiger partial charge in [0.25, 0.3) is 0 Å². The van der Waals surface area contributed by atoms with Gasteiger partial charge in [0.15, 0.2) is 0 Å². The van der Waals surface area contributed by atoms with Gasteiger partial charge < -0.3 is 20.1 Å². The van der Waals surface area contributed by atoms with Gasteiger partial charge in [-0.3, -0.25) is 0 Å². The van der Waals surface area contributed by atoms with E-state index in [1.54, 1.807) is 12.1 Å². The van der Waals surface area contributed by atoms with E-state index in [0.29, 0.717) is 30.6 Å². The number of anilines is 2. The minimum atomic E-state index is -3.72. The van der Waals surface area contributed by atoms with E-state index in [2.05, 4.69) is 25.3 Å². The Morgan fingerprint density at radius 3 is 2.48 bits per heavy atom. The van der Waals surface area contributed by atoms with Crippen molar-refractivity contribution in [2.45, 2.75) is 18.7 Å². The normalized spacial score (nSPS) is 11.1. The Morgan fingerprint density at radius 2 is 1.81 bits per heavy atom. The van der Waals surface area contributed by atoms with Gasteiger partial charge in [0, 0.05) is 37.5 Å². The van der Waals surface area contributed by atoms with Gasteiger partial charge in [-0.05, 0) is 26.0 Å². The van der Waals surface area contributed by atoms with E-state index >= 15 is 0 Å². The highest BCUT2D eigenvalue weighted by Gasteiger charge is 2.19. The third-order valence-corrected chi connectivity index (χ3v) is 5.07. The Morgan fingerprint density at radius 1 is 1.04 bits per heavy atom. The molecule has 1 aromatic carbocycles. The summed E-state index contributed by atoms with van der Waals surface area (Å²) in [6.07, 6.45) is 0. The zero-order valence-corrected chi connectivity index (χ0v) is 16.7. The highest BCUT2D eigenvalue weighted by Crippen LogP contribution is 2.28. The van der Waals surface area contributed by atoms with Gasteiger partial charge in [-0.1, -0.05) is 0 Å². The molecule has 10 heteroatoms. The minimum Gasteiger partial charge on any atom is -0.497 e. The summed E-state index contributed by atoms with van der Waals surface area (Å²) in [5.74, 6) is 1.89. The molecule has 2 aromatic rings. The van der Waals surface area contributed by atoms with Gasteiger partial charge in [-0.2, -0.15) is 4.98 Å². The molecule has 0 spiro atoms. The monoisotopic (exact) mass is 395 g/mol. The molecule has 1 heterocycles. The van der Waals surface area contributed by atoms with Crippen LogP contribution in [0.1, 0.15) is 12.6 Å². The number of methoxy groups -OCH3 is 2. The topological polar surface area (TPSA) is 114 Å². The van der Waals surface area contributed by atoms with Gasteiger partial charge in [0.2, 0.25) is 16.0 Å². The highest BCUT2D eigenvalue weighted by atomic mass is 32.2. The van der Waals surface area contributed by atoms with E-state index in [4.69, 9.17) is 9.47 Å². The van der Waals surface area contributed by atoms with E-state index in [1.807, 2.05) is 13.8 Å². The summed E-state index contributed by atoms with van der Waals surface area (Å²) in [5.41, 5.74) is 0.812. The Kier molecular flexibility index (Phi) is 7.19. The fourth-order valence-electron chi connectivity index (χ4n) is 2.35. The van der Waals surface area contributed by atoms with Crippen LogP contribution in [0.4, 0.5) is 11.8 Å². The van der Waals surface area contributed by atoms with Gasteiger partial charge in [-0.25, -0.2) is 18.1 Å². The molecule has 0 bridgehead atoms. The SMILES string of the molecule is CCNc1nc(C)cc(NCCNS(=O)(=O)c2ccc(OC)cc2OC)n1. The van der Waals surface area contributed by atoms with Crippen LogP contribution in [-0.2, 0) is 10.0 Å². The molecular formula is C17H25N5O4S. The molecule has 0 fully saturated rings. The van der Waals surface area contributed by atoms with Crippen molar-refractivity contribution in [3.63, 3.8) is 0 Å². The lowest BCUT2D eigenvalue weighted by Gasteiger charge is -2.13. The maximum Gasteiger partial charge on any atom is 0.244 e. The third-order valence-electron chi connectivity index (χ3n) is 3.57. The zero-order valence-electron chi connectivity index (χ0n) is 15.9. The lowest BCUT2D eigenvalue weighted by Crippen LogP contribution is -2.29. The molecule has 148 valence electrons. The molecule has 0 aliphatic heterocycles. The van der Waals surface area contributed by atoms with Crippen LogP contribution < -0.4 is 24.8 Å². The second-order valence-corrected chi connectivity index (χ2v) is 7.33. The highest BCUT2D eigenvalue weighted by molar-refractivity contribution is 7.89. The number of hydrogen-bond acceptors (Lipinski definition) is 8. The molecule has 1 aromatic heterocycles. The average Bonchev–Trinajstić information content (AvgIpc) is 2.64. The maximum atomic E-state index is 12.5. The Bertz CT molecular complexity index is 874. The first-order valence-electron chi connectivity index (χ1n) is 8.44. The lowest BCUT2D eigenvalue weighted by atomic mass is 10.3. The Hall–Kier alpha value is -2.59. The predicted molar refractivity (Wildman–Crippen MR) is 104 cm³/mol. The van der Waals surface area contributed by atoms with Crippen LogP contribution >= 0.6 is 0 Å².